The summed E-state index contributed by atoms with van der Waals surface area (Å²) < 4.78 is 0. The molecule has 4 heteroatoms. The van der Waals surface area contributed by atoms with E-state index < -0.39 is 0 Å². The number of alkyl halides is 1. The van der Waals surface area contributed by atoms with Crippen LogP contribution in [0.3, 0.4) is 0 Å². The smallest absolute Gasteiger partial charge is 0.255 e. The van der Waals surface area contributed by atoms with Crippen molar-refractivity contribution in [2.45, 2.75) is 12.5 Å². The normalized spacial score (nSPS) is 11.8. The number of halogens is 1. The van der Waals surface area contributed by atoms with Crippen molar-refractivity contribution >= 4 is 17.5 Å². The van der Waals surface area contributed by atoms with E-state index in [4.69, 9.17) is 11.6 Å². The quantitative estimate of drug-likeness (QED) is 0.832. The van der Waals surface area contributed by atoms with Crippen LogP contribution in [-0.2, 0) is 6.42 Å². The third-order valence-electron chi connectivity index (χ3n) is 3.00. The van der Waals surface area contributed by atoms with Gasteiger partial charge in [0.2, 0.25) is 0 Å². The Morgan fingerprint density at radius 3 is 2.40 bits per heavy atom. The molecule has 0 aliphatic heterocycles. The van der Waals surface area contributed by atoms with Crippen LogP contribution >= 0.6 is 11.6 Å². The predicted octanol–water partition coefficient (Wildman–Crippen LogP) is 2.97. The second-order valence-corrected chi connectivity index (χ2v) is 4.84. The molecule has 0 bridgehead atoms. The van der Waals surface area contributed by atoms with Gasteiger partial charge in [0, 0.05) is 11.9 Å². The second-order valence-electron chi connectivity index (χ2n) is 4.53. The zero-order chi connectivity index (χ0) is 14.4. The lowest BCUT2D eigenvalue weighted by atomic mass is 10.1. The van der Waals surface area contributed by atoms with Gasteiger partial charge in [-0.1, -0.05) is 42.5 Å². The minimum atomic E-state index is -0.315. The van der Waals surface area contributed by atoms with Gasteiger partial charge in [-0.2, -0.15) is 0 Å². The molecule has 0 radical (unpaired) electrons. The van der Waals surface area contributed by atoms with Crippen LogP contribution in [0.4, 0.5) is 0 Å². The van der Waals surface area contributed by atoms with Crippen LogP contribution in [0, 0.1) is 0 Å². The molecular weight excluding hydrogens is 274 g/mol. The number of carbonyl (C=O) groups excluding carboxylic acids is 1. The topological polar surface area (TPSA) is 49.3 Å². The molecule has 1 atom stereocenters. The lowest BCUT2D eigenvalue weighted by Gasteiger charge is -2.16. The molecule has 0 aliphatic rings. The summed E-state index contributed by atoms with van der Waals surface area (Å²) in [4.78, 5) is 12.1. The molecule has 104 valence electrons. The second kappa shape index (κ2) is 6.96. The largest absolute Gasteiger partial charge is 0.507 e. The first kappa shape index (κ1) is 14.4. The fourth-order valence-corrected chi connectivity index (χ4v) is 2.16. The van der Waals surface area contributed by atoms with E-state index in [0.29, 0.717) is 12.3 Å². The average molecular weight is 290 g/mol. The number of benzene rings is 2. The van der Waals surface area contributed by atoms with Crippen LogP contribution in [0.25, 0.3) is 0 Å². The van der Waals surface area contributed by atoms with Gasteiger partial charge in [0.05, 0.1) is 5.56 Å². The zero-order valence-corrected chi connectivity index (χ0v) is 11.7. The van der Waals surface area contributed by atoms with Gasteiger partial charge in [0.1, 0.15) is 5.75 Å². The van der Waals surface area contributed by atoms with E-state index in [1.807, 2.05) is 30.3 Å². The van der Waals surface area contributed by atoms with Gasteiger partial charge in [0.15, 0.2) is 0 Å². The average Bonchev–Trinajstić information content (AvgIpc) is 2.48. The van der Waals surface area contributed by atoms with E-state index in [0.717, 1.165) is 5.56 Å². The van der Waals surface area contributed by atoms with Gasteiger partial charge in [0.25, 0.3) is 5.91 Å². The van der Waals surface area contributed by atoms with Crippen LogP contribution in [0.2, 0.25) is 0 Å². The van der Waals surface area contributed by atoms with Crippen molar-refractivity contribution in [3.05, 3.63) is 65.7 Å². The fraction of sp³-hybridized carbons (Fsp3) is 0.188. The molecule has 1 amide bonds. The number of hydrogen-bond donors (Lipinski definition) is 2. The highest BCUT2D eigenvalue weighted by molar-refractivity contribution is 6.18. The van der Waals surface area contributed by atoms with Gasteiger partial charge >= 0.3 is 0 Å². The summed E-state index contributed by atoms with van der Waals surface area (Å²) in [7, 11) is 0. The molecule has 2 aromatic rings. The van der Waals surface area contributed by atoms with E-state index in [1.165, 1.54) is 6.07 Å². The molecule has 2 N–H and O–H groups in total. The predicted molar refractivity (Wildman–Crippen MR) is 80.2 cm³/mol. The summed E-state index contributed by atoms with van der Waals surface area (Å²) in [5.41, 5.74) is 1.37. The highest BCUT2D eigenvalue weighted by Gasteiger charge is 2.15. The zero-order valence-electron chi connectivity index (χ0n) is 10.9. The Bertz CT molecular complexity index is 572. The number of para-hydroxylation sites is 1. The molecule has 0 saturated carbocycles. The monoisotopic (exact) mass is 289 g/mol. The van der Waals surface area contributed by atoms with Crippen molar-refractivity contribution < 1.29 is 9.90 Å². The first-order valence-electron chi connectivity index (χ1n) is 6.39. The van der Waals surface area contributed by atoms with E-state index in [9.17, 15) is 9.90 Å². The Kier molecular flexibility index (Phi) is 5.02. The number of aromatic hydroxyl groups is 1. The molecule has 1 unspecified atom stereocenters. The Hall–Kier alpha value is -2.00. The van der Waals surface area contributed by atoms with E-state index >= 15 is 0 Å². The summed E-state index contributed by atoms with van der Waals surface area (Å²) in [6, 6.07) is 16.1. The Morgan fingerprint density at radius 1 is 1.10 bits per heavy atom. The summed E-state index contributed by atoms with van der Waals surface area (Å²) >= 11 is 5.91. The SMILES string of the molecule is O=C(NC(CCl)Cc1ccccc1)c1ccccc1O. The van der Waals surface area contributed by atoms with E-state index in [2.05, 4.69) is 5.32 Å². The molecule has 0 spiro atoms. The first-order valence-corrected chi connectivity index (χ1v) is 6.93. The lowest BCUT2D eigenvalue weighted by Crippen LogP contribution is -2.37. The molecule has 0 saturated heterocycles. The Morgan fingerprint density at radius 2 is 1.75 bits per heavy atom. The number of nitrogens with one attached hydrogen (secondary N) is 1. The van der Waals surface area contributed by atoms with Crippen molar-refractivity contribution in [2.75, 3.05) is 5.88 Å². The van der Waals surface area contributed by atoms with Crippen molar-refractivity contribution in [3.63, 3.8) is 0 Å². The fourth-order valence-electron chi connectivity index (χ4n) is 1.97. The lowest BCUT2D eigenvalue weighted by molar-refractivity contribution is 0.0938. The van der Waals surface area contributed by atoms with Crippen molar-refractivity contribution in [1.82, 2.24) is 5.32 Å². The summed E-state index contributed by atoms with van der Waals surface area (Å²) in [5, 5.41) is 12.5. The van der Waals surface area contributed by atoms with Crippen LogP contribution in [0.15, 0.2) is 54.6 Å². The number of phenols is 1. The third-order valence-corrected chi connectivity index (χ3v) is 3.37. The van der Waals surface area contributed by atoms with Crippen LogP contribution in [-0.4, -0.2) is 22.9 Å². The maximum absolute atomic E-state index is 12.1. The van der Waals surface area contributed by atoms with E-state index in [-0.39, 0.29) is 23.3 Å². The van der Waals surface area contributed by atoms with Crippen molar-refractivity contribution in [1.29, 1.82) is 0 Å². The molecule has 0 aliphatic carbocycles. The molecule has 2 rings (SSSR count). The Balaban J connectivity index is 2.03. The molecule has 0 aromatic heterocycles. The van der Waals surface area contributed by atoms with Gasteiger partial charge in [-0.3, -0.25) is 4.79 Å². The van der Waals surface area contributed by atoms with Crippen LogP contribution in [0.5, 0.6) is 5.75 Å². The molecule has 2 aromatic carbocycles. The van der Waals surface area contributed by atoms with Crippen LogP contribution < -0.4 is 5.32 Å². The number of amides is 1. The summed E-state index contributed by atoms with van der Waals surface area (Å²) in [6.07, 6.45) is 0.656. The molecule has 0 fully saturated rings. The van der Waals surface area contributed by atoms with Gasteiger partial charge < -0.3 is 10.4 Å². The summed E-state index contributed by atoms with van der Waals surface area (Å²) in [6.45, 7) is 0. The van der Waals surface area contributed by atoms with Gasteiger partial charge in [-0.15, -0.1) is 11.6 Å². The van der Waals surface area contributed by atoms with Gasteiger partial charge in [-0.25, -0.2) is 0 Å². The Labute approximate surface area is 123 Å². The first-order chi connectivity index (χ1) is 9.70. The number of rotatable bonds is 5. The third kappa shape index (κ3) is 3.75. The maximum atomic E-state index is 12.1. The molecule has 3 nitrogen and oxygen atoms in total. The van der Waals surface area contributed by atoms with E-state index in [1.54, 1.807) is 18.2 Å². The number of phenolic OH excluding ortho intramolecular Hbond substituents is 1. The highest BCUT2D eigenvalue weighted by Crippen LogP contribution is 2.15. The van der Waals surface area contributed by atoms with Crippen LogP contribution in [0.1, 0.15) is 15.9 Å². The standard InChI is InChI=1S/C16H16ClNO2/c17-11-13(10-12-6-2-1-3-7-12)18-16(20)14-8-4-5-9-15(14)19/h1-9,13,19H,10-11H2,(H,18,20). The maximum Gasteiger partial charge on any atom is 0.255 e. The van der Waals surface area contributed by atoms with Crippen molar-refractivity contribution in [2.24, 2.45) is 0 Å². The highest BCUT2D eigenvalue weighted by atomic mass is 35.5. The summed E-state index contributed by atoms with van der Waals surface area (Å²) in [5.74, 6) is -0.0310. The number of hydrogen-bond acceptors (Lipinski definition) is 2. The minimum Gasteiger partial charge on any atom is -0.507 e. The number of carbonyl (C=O) groups is 1. The van der Waals surface area contributed by atoms with Gasteiger partial charge in [-0.05, 0) is 24.1 Å². The molecular formula is C16H16ClNO2. The molecule has 0 heterocycles. The molecule has 20 heavy (non-hydrogen) atoms. The van der Waals surface area contributed by atoms with Crippen molar-refractivity contribution in [3.8, 4) is 5.75 Å². The minimum absolute atomic E-state index is 0.0296.